The molecule has 0 spiro atoms. The van der Waals surface area contributed by atoms with Crippen LogP contribution < -0.4 is 10.1 Å². The molecular weight excluding hydrogens is 391 g/mol. The van der Waals surface area contributed by atoms with Gasteiger partial charge in [0, 0.05) is 24.0 Å². The predicted octanol–water partition coefficient (Wildman–Crippen LogP) is 4.58. The highest BCUT2D eigenvalue weighted by molar-refractivity contribution is 6.30. The maximum atomic E-state index is 13.6. The number of hydrogen-bond donors (Lipinski definition) is 1. The van der Waals surface area contributed by atoms with Crippen LogP contribution in [0.4, 0.5) is 4.39 Å². The second-order valence-corrected chi connectivity index (χ2v) is 8.01. The number of piperidine rings is 1. The Labute approximate surface area is 177 Å². The first-order valence-corrected chi connectivity index (χ1v) is 10.5. The third-order valence-corrected chi connectivity index (χ3v) is 5.58. The van der Waals surface area contributed by atoms with Crippen molar-refractivity contribution in [2.24, 2.45) is 5.92 Å². The number of nitrogens with one attached hydrogen (secondary N) is 1. The van der Waals surface area contributed by atoms with Crippen molar-refractivity contribution in [2.45, 2.75) is 32.7 Å². The lowest BCUT2D eigenvalue weighted by atomic mass is 9.95. The highest BCUT2D eigenvalue weighted by atomic mass is 35.5. The monoisotopic (exact) mass is 418 g/mol. The highest BCUT2D eigenvalue weighted by Gasteiger charge is 2.24. The zero-order chi connectivity index (χ0) is 20.6. The van der Waals surface area contributed by atoms with Gasteiger partial charge < -0.3 is 15.0 Å². The average molecular weight is 419 g/mol. The average Bonchev–Trinajstić information content (AvgIpc) is 2.72. The standard InChI is InChI=1S/C23H28ClFN2O2/c1-17-6-7-18(14-22(17)25)16-26-23(28)19-8-11-27(12-9-19)10-3-13-29-21-5-2-4-20(24)15-21/h2,4-7,14-15,19H,3,8-13,16H2,1H3,(H,26,28). The molecule has 0 aromatic heterocycles. The Bertz CT molecular complexity index is 822. The number of amides is 1. The molecule has 2 aromatic rings. The fourth-order valence-corrected chi connectivity index (χ4v) is 3.71. The van der Waals surface area contributed by atoms with Gasteiger partial charge in [-0.05, 0) is 74.7 Å². The van der Waals surface area contributed by atoms with Gasteiger partial charge in [-0.15, -0.1) is 0 Å². The van der Waals surface area contributed by atoms with Crippen molar-refractivity contribution >= 4 is 17.5 Å². The Morgan fingerprint density at radius 1 is 1.24 bits per heavy atom. The Hall–Kier alpha value is -2.11. The smallest absolute Gasteiger partial charge is 0.223 e. The molecule has 29 heavy (non-hydrogen) atoms. The summed E-state index contributed by atoms with van der Waals surface area (Å²) in [5.41, 5.74) is 1.41. The molecule has 0 bridgehead atoms. The molecule has 4 nitrogen and oxygen atoms in total. The topological polar surface area (TPSA) is 41.6 Å². The summed E-state index contributed by atoms with van der Waals surface area (Å²) in [5, 5.41) is 3.63. The molecule has 0 radical (unpaired) electrons. The number of carbonyl (C=O) groups is 1. The van der Waals surface area contributed by atoms with E-state index >= 15 is 0 Å². The Morgan fingerprint density at radius 2 is 2.03 bits per heavy atom. The normalized spacial score (nSPS) is 15.3. The van der Waals surface area contributed by atoms with E-state index in [-0.39, 0.29) is 17.6 Å². The van der Waals surface area contributed by atoms with Crippen LogP contribution in [-0.2, 0) is 11.3 Å². The Balaban J connectivity index is 1.32. The van der Waals surface area contributed by atoms with Crippen LogP contribution in [0.2, 0.25) is 5.02 Å². The highest BCUT2D eigenvalue weighted by Crippen LogP contribution is 2.19. The van der Waals surface area contributed by atoms with E-state index in [9.17, 15) is 9.18 Å². The maximum Gasteiger partial charge on any atom is 0.223 e. The number of likely N-dealkylation sites (tertiary alicyclic amines) is 1. The second-order valence-electron chi connectivity index (χ2n) is 7.58. The van der Waals surface area contributed by atoms with Gasteiger partial charge in [-0.3, -0.25) is 4.79 Å². The van der Waals surface area contributed by atoms with Crippen LogP contribution >= 0.6 is 11.6 Å². The summed E-state index contributed by atoms with van der Waals surface area (Å²) in [7, 11) is 0. The van der Waals surface area contributed by atoms with Crippen LogP contribution in [0.1, 0.15) is 30.4 Å². The molecule has 1 fully saturated rings. The first-order valence-electron chi connectivity index (χ1n) is 10.1. The molecule has 1 amide bonds. The van der Waals surface area contributed by atoms with Gasteiger partial charge >= 0.3 is 0 Å². The van der Waals surface area contributed by atoms with E-state index in [1.165, 1.54) is 6.07 Å². The fourth-order valence-electron chi connectivity index (χ4n) is 3.53. The fraction of sp³-hybridized carbons (Fsp3) is 0.435. The Kier molecular flexibility index (Phi) is 7.90. The summed E-state index contributed by atoms with van der Waals surface area (Å²) in [6, 6.07) is 12.5. The van der Waals surface area contributed by atoms with Gasteiger partial charge in [0.25, 0.3) is 0 Å². The van der Waals surface area contributed by atoms with Crippen molar-refractivity contribution in [1.82, 2.24) is 10.2 Å². The van der Waals surface area contributed by atoms with E-state index in [2.05, 4.69) is 10.2 Å². The first kappa shape index (κ1) is 21.6. The largest absolute Gasteiger partial charge is 0.493 e. The van der Waals surface area contributed by atoms with Crippen molar-refractivity contribution in [3.8, 4) is 5.75 Å². The molecule has 1 aliphatic heterocycles. The van der Waals surface area contributed by atoms with E-state index in [1.807, 2.05) is 30.3 Å². The molecule has 2 aromatic carbocycles. The number of nitrogens with zero attached hydrogens (tertiary/aromatic N) is 1. The Morgan fingerprint density at radius 3 is 2.76 bits per heavy atom. The molecule has 0 unspecified atom stereocenters. The van der Waals surface area contributed by atoms with Crippen molar-refractivity contribution in [3.05, 3.63) is 64.4 Å². The molecule has 156 valence electrons. The number of halogens is 2. The van der Waals surface area contributed by atoms with Crippen LogP contribution in [0.25, 0.3) is 0 Å². The third-order valence-electron chi connectivity index (χ3n) is 5.34. The molecule has 1 N–H and O–H groups in total. The van der Waals surface area contributed by atoms with Crippen molar-refractivity contribution in [1.29, 1.82) is 0 Å². The quantitative estimate of drug-likeness (QED) is 0.638. The van der Waals surface area contributed by atoms with Gasteiger partial charge in [0.1, 0.15) is 11.6 Å². The number of ether oxygens (including phenoxy) is 1. The van der Waals surface area contributed by atoms with Gasteiger partial charge in [-0.25, -0.2) is 4.39 Å². The molecule has 1 aliphatic rings. The van der Waals surface area contributed by atoms with Crippen molar-refractivity contribution < 1.29 is 13.9 Å². The van der Waals surface area contributed by atoms with Crippen molar-refractivity contribution in [3.63, 3.8) is 0 Å². The minimum absolute atomic E-state index is 0.0317. The van der Waals surface area contributed by atoms with E-state index in [4.69, 9.17) is 16.3 Å². The van der Waals surface area contributed by atoms with E-state index in [0.29, 0.717) is 23.7 Å². The summed E-state index contributed by atoms with van der Waals surface area (Å²) in [4.78, 5) is 14.8. The molecule has 0 saturated carbocycles. The second kappa shape index (κ2) is 10.6. The van der Waals surface area contributed by atoms with E-state index in [0.717, 1.165) is 50.2 Å². The van der Waals surface area contributed by atoms with E-state index in [1.54, 1.807) is 13.0 Å². The summed E-state index contributed by atoms with van der Waals surface area (Å²) in [6.07, 6.45) is 2.63. The third kappa shape index (κ3) is 6.72. The van der Waals surface area contributed by atoms with Gasteiger partial charge in [0.15, 0.2) is 0 Å². The van der Waals surface area contributed by atoms with Gasteiger partial charge in [0.2, 0.25) is 5.91 Å². The van der Waals surface area contributed by atoms with Crippen LogP contribution in [-0.4, -0.2) is 37.0 Å². The number of rotatable bonds is 8. The van der Waals surface area contributed by atoms with Crippen LogP contribution in [0, 0.1) is 18.7 Å². The van der Waals surface area contributed by atoms with Crippen LogP contribution in [0.15, 0.2) is 42.5 Å². The first-order chi connectivity index (χ1) is 14.0. The molecule has 6 heteroatoms. The van der Waals surface area contributed by atoms with E-state index < -0.39 is 0 Å². The molecule has 1 saturated heterocycles. The molecule has 0 aliphatic carbocycles. The predicted molar refractivity (Wildman–Crippen MR) is 114 cm³/mol. The molecular formula is C23H28ClFN2O2. The minimum Gasteiger partial charge on any atom is -0.493 e. The molecule has 0 atom stereocenters. The van der Waals surface area contributed by atoms with Crippen molar-refractivity contribution in [2.75, 3.05) is 26.2 Å². The minimum atomic E-state index is -0.232. The number of aryl methyl sites for hydroxylation is 1. The van der Waals surface area contributed by atoms with Crippen LogP contribution in [0.3, 0.4) is 0 Å². The maximum absolute atomic E-state index is 13.6. The summed E-state index contributed by atoms with van der Waals surface area (Å²) in [6.45, 7) is 5.53. The van der Waals surface area contributed by atoms with Gasteiger partial charge in [0.05, 0.1) is 6.61 Å². The lowest BCUT2D eigenvalue weighted by Gasteiger charge is -2.31. The summed E-state index contributed by atoms with van der Waals surface area (Å²) in [5.74, 6) is 0.657. The SMILES string of the molecule is Cc1ccc(CNC(=O)C2CCN(CCCOc3cccc(Cl)c3)CC2)cc1F. The van der Waals surface area contributed by atoms with Crippen LogP contribution in [0.5, 0.6) is 5.75 Å². The molecule has 3 rings (SSSR count). The summed E-state index contributed by atoms with van der Waals surface area (Å²) >= 11 is 5.95. The number of hydrogen-bond acceptors (Lipinski definition) is 3. The lowest BCUT2D eigenvalue weighted by Crippen LogP contribution is -2.40. The zero-order valence-corrected chi connectivity index (χ0v) is 17.6. The number of benzene rings is 2. The summed E-state index contributed by atoms with van der Waals surface area (Å²) < 4.78 is 19.3. The van der Waals surface area contributed by atoms with Gasteiger partial charge in [-0.2, -0.15) is 0 Å². The number of carbonyl (C=O) groups excluding carboxylic acids is 1. The zero-order valence-electron chi connectivity index (χ0n) is 16.8. The van der Waals surface area contributed by atoms with Gasteiger partial charge in [-0.1, -0.05) is 29.8 Å². The molecule has 1 heterocycles. The lowest BCUT2D eigenvalue weighted by molar-refractivity contribution is -0.126.